The molecular formula is C9H17F3N2. The first kappa shape index (κ1) is 11.8. The molecule has 1 rings (SSSR count). The minimum atomic E-state index is -4.05. The molecule has 0 radical (unpaired) electrons. The maximum Gasteiger partial charge on any atom is 0.389 e. The minimum absolute atomic E-state index is 0.101. The van der Waals surface area contributed by atoms with Crippen LogP contribution < -0.4 is 5.73 Å². The second-order valence-corrected chi connectivity index (χ2v) is 4.03. The zero-order valence-corrected chi connectivity index (χ0v) is 8.35. The monoisotopic (exact) mass is 210 g/mol. The predicted octanol–water partition coefficient (Wildman–Crippen LogP) is 1.61. The molecule has 0 aromatic carbocycles. The molecule has 14 heavy (non-hydrogen) atoms. The number of alkyl halides is 3. The Morgan fingerprint density at radius 3 is 2.50 bits per heavy atom. The van der Waals surface area contributed by atoms with Gasteiger partial charge in [0.05, 0.1) is 0 Å². The number of nitrogens with two attached hydrogens (primary N) is 1. The maximum atomic E-state index is 12.1. The maximum absolute atomic E-state index is 12.1. The van der Waals surface area contributed by atoms with Crippen molar-refractivity contribution in [1.29, 1.82) is 0 Å². The van der Waals surface area contributed by atoms with Crippen molar-refractivity contribution < 1.29 is 13.2 Å². The van der Waals surface area contributed by atoms with E-state index in [0.717, 1.165) is 13.1 Å². The van der Waals surface area contributed by atoms with E-state index < -0.39 is 12.6 Å². The van der Waals surface area contributed by atoms with Crippen LogP contribution in [-0.2, 0) is 0 Å². The summed E-state index contributed by atoms with van der Waals surface area (Å²) in [5, 5.41) is 0. The lowest BCUT2D eigenvalue weighted by Gasteiger charge is -2.35. The second kappa shape index (κ2) is 4.49. The van der Waals surface area contributed by atoms with Gasteiger partial charge in [-0.1, -0.05) is 6.92 Å². The van der Waals surface area contributed by atoms with Crippen LogP contribution in [0.25, 0.3) is 0 Å². The summed E-state index contributed by atoms with van der Waals surface area (Å²) in [4.78, 5) is 1.99. The summed E-state index contributed by atoms with van der Waals surface area (Å²) in [6.45, 7) is 3.99. The molecule has 2 N–H and O–H groups in total. The van der Waals surface area contributed by atoms with E-state index >= 15 is 0 Å². The van der Waals surface area contributed by atoms with Crippen molar-refractivity contribution >= 4 is 0 Å². The van der Waals surface area contributed by atoms with Crippen LogP contribution in [0.3, 0.4) is 0 Å². The lowest BCUT2D eigenvalue weighted by Crippen LogP contribution is -2.47. The Balaban J connectivity index is 2.45. The van der Waals surface area contributed by atoms with E-state index in [1.54, 1.807) is 0 Å². The van der Waals surface area contributed by atoms with Gasteiger partial charge >= 0.3 is 6.18 Å². The number of hydrogen-bond donors (Lipinski definition) is 1. The first-order chi connectivity index (χ1) is 6.40. The van der Waals surface area contributed by atoms with Crippen molar-refractivity contribution in [2.75, 3.05) is 19.6 Å². The lowest BCUT2D eigenvalue weighted by molar-refractivity contribution is -0.148. The summed E-state index contributed by atoms with van der Waals surface area (Å²) in [7, 11) is 0. The van der Waals surface area contributed by atoms with E-state index in [-0.39, 0.29) is 12.0 Å². The number of likely N-dealkylation sites (tertiary alicyclic amines) is 1. The van der Waals surface area contributed by atoms with Crippen molar-refractivity contribution in [2.24, 2.45) is 11.7 Å². The zero-order chi connectivity index (χ0) is 10.8. The Hall–Kier alpha value is -0.290. The summed E-state index contributed by atoms with van der Waals surface area (Å²) in [6, 6.07) is -0.101. The molecule has 1 heterocycles. The van der Waals surface area contributed by atoms with Gasteiger partial charge in [0.1, 0.15) is 0 Å². The summed E-state index contributed by atoms with van der Waals surface area (Å²) in [5.74, 6) is -0.321. The molecule has 0 aliphatic carbocycles. The van der Waals surface area contributed by atoms with E-state index in [9.17, 15) is 13.2 Å². The predicted molar refractivity (Wildman–Crippen MR) is 48.9 cm³/mol. The number of rotatable bonds is 2. The van der Waals surface area contributed by atoms with Crippen LogP contribution in [0.1, 0.15) is 19.8 Å². The van der Waals surface area contributed by atoms with Crippen molar-refractivity contribution in [3.8, 4) is 0 Å². The molecular weight excluding hydrogens is 193 g/mol. The SMILES string of the molecule is CCN1CC(N)CC(CC(F)(F)F)C1. The zero-order valence-electron chi connectivity index (χ0n) is 8.35. The molecule has 2 atom stereocenters. The standard InChI is InChI=1S/C9H17F3N2/c1-2-14-5-7(3-8(13)6-14)4-9(10,11)12/h7-8H,2-6,13H2,1H3. The average molecular weight is 210 g/mol. The molecule has 2 unspecified atom stereocenters. The third-order valence-electron chi connectivity index (χ3n) is 2.61. The van der Waals surface area contributed by atoms with Gasteiger partial charge in [-0.3, -0.25) is 0 Å². The van der Waals surface area contributed by atoms with E-state index in [1.807, 2.05) is 11.8 Å². The summed E-state index contributed by atoms with van der Waals surface area (Å²) < 4.78 is 36.4. The highest BCUT2D eigenvalue weighted by Crippen LogP contribution is 2.29. The van der Waals surface area contributed by atoms with Crippen LogP contribution >= 0.6 is 0 Å². The first-order valence-corrected chi connectivity index (χ1v) is 4.95. The molecule has 1 aliphatic heterocycles. The van der Waals surface area contributed by atoms with Crippen molar-refractivity contribution in [3.63, 3.8) is 0 Å². The quantitative estimate of drug-likeness (QED) is 0.750. The first-order valence-electron chi connectivity index (χ1n) is 4.95. The number of hydrogen-bond acceptors (Lipinski definition) is 2. The highest BCUT2D eigenvalue weighted by atomic mass is 19.4. The van der Waals surface area contributed by atoms with Crippen molar-refractivity contribution in [3.05, 3.63) is 0 Å². The molecule has 0 bridgehead atoms. The fourth-order valence-corrected chi connectivity index (χ4v) is 2.08. The van der Waals surface area contributed by atoms with Gasteiger partial charge < -0.3 is 10.6 Å². The Kier molecular flexibility index (Phi) is 3.78. The Bertz CT molecular complexity index is 181. The molecule has 2 nitrogen and oxygen atoms in total. The summed E-state index contributed by atoms with van der Waals surface area (Å²) in [5.41, 5.74) is 5.70. The lowest BCUT2D eigenvalue weighted by atomic mass is 9.92. The van der Waals surface area contributed by atoms with Crippen LogP contribution in [0.15, 0.2) is 0 Å². The van der Waals surface area contributed by atoms with E-state index in [1.165, 1.54) is 0 Å². The molecule has 0 saturated carbocycles. The Labute approximate surface area is 82.2 Å². The van der Waals surface area contributed by atoms with Gasteiger partial charge in [-0.2, -0.15) is 13.2 Å². The van der Waals surface area contributed by atoms with Crippen molar-refractivity contribution in [2.45, 2.75) is 32.0 Å². The number of likely N-dealkylation sites (N-methyl/N-ethyl adjacent to an activating group) is 1. The highest BCUT2D eigenvalue weighted by Gasteiger charge is 2.35. The molecule has 5 heteroatoms. The topological polar surface area (TPSA) is 29.3 Å². The molecule has 0 aromatic rings. The fourth-order valence-electron chi connectivity index (χ4n) is 2.08. The van der Waals surface area contributed by atoms with Gasteiger partial charge in [-0.15, -0.1) is 0 Å². The number of nitrogens with zero attached hydrogens (tertiary/aromatic N) is 1. The van der Waals surface area contributed by atoms with E-state index in [4.69, 9.17) is 5.73 Å². The van der Waals surface area contributed by atoms with Crippen LogP contribution in [0, 0.1) is 5.92 Å². The third kappa shape index (κ3) is 3.84. The average Bonchev–Trinajstić information content (AvgIpc) is 1.99. The van der Waals surface area contributed by atoms with E-state index in [0.29, 0.717) is 13.0 Å². The van der Waals surface area contributed by atoms with Crippen LogP contribution in [0.2, 0.25) is 0 Å². The molecule has 1 saturated heterocycles. The van der Waals surface area contributed by atoms with Gasteiger partial charge in [0, 0.05) is 25.6 Å². The summed E-state index contributed by atoms with van der Waals surface area (Å²) >= 11 is 0. The molecule has 0 aromatic heterocycles. The van der Waals surface area contributed by atoms with Crippen molar-refractivity contribution in [1.82, 2.24) is 4.90 Å². The van der Waals surface area contributed by atoms with E-state index in [2.05, 4.69) is 0 Å². The second-order valence-electron chi connectivity index (χ2n) is 4.03. The van der Waals surface area contributed by atoms with Gasteiger partial charge in [0.2, 0.25) is 0 Å². The Morgan fingerprint density at radius 2 is 2.00 bits per heavy atom. The number of piperidine rings is 1. The molecule has 1 fully saturated rings. The van der Waals surface area contributed by atoms with Crippen LogP contribution in [-0.4, -0.2) is 36.8 Å². The molecule has 0 spiro atoms. The molecule has 0 amide bonds. The van der Waals surface area contributed by atoms with Gasteiger partial charge in [-0.25, -0.2) is 0 Å². The molecule has 84 valence electrons. The van der Waals surface area contributed by atoms with Gasteiger partial charge in [0.25, 0.3) is 0 Å². The van der Waals surface area contributed by atoms with Crippen LogP contribution in [0.4, 0.5) is 13.2 Å². The normalized spacial score (nSPS) is 30.6. The minimum Gasteiger partial charge on any atom is -0.327 e. The highest BCUT2D eigenvalue weighted by molar-refractivity contribution is 4.81. The third-order valence-corrected chi connectivity index (χ3v) is 2.61. The largest absolute Gasteiger partial charge is 0.389 e. The summed E-state index contributed by atoms with van der Waals surface area (Å²) in [6.07, 6.45) is -4.26. The molecule has 1 aliphatic rings. The van der Waals surface area contributed by atoms with Gasteiger partial charge in [-0.05, 0) is 18.9 Å². The smallest absolute Gasteiger partial charge is 0.327 e. The van der Waals surface area contributed by atoms with Gasteiger partial charge in [0.15, 0.2) is 0 Å². The Morgan fingerprint density at radius 1 is 1.36 bits per heavy atom. The fraction of sp³-hybridized carbons (Fsp3) is 1.00. The number of halogens is 3. The van der Waals surface area contributed by atoms with Crippen LogP contribution in [0.5, 0.6) is 0 Å².